The zero-order valence-corrected chi connectivity index (χ0v) is 16.3. The van der Waals surface area contributed by atoms with Crippen LogP contribution < -0.4 is 10.7 Å². The Balaban J connectivity index is 1.45. The van der Waals surface area contributed by atoms with Crippen molar-refractivity contribution in [3.63, 3.8) is 0 Å². The number of rotatable bonds is 5. The molecule has 140 valence electrons. The second-order valence-electron chi connectivity index (χ2n) is 5.92. The number of carbonyl (C=O) groups is 1. The minimum absolute atomic E-state index is 0.236. The van der Waals surface area contributed by atoms with E-state index in [1.807, 2.05) is 61.5 Å². The molecule has 0 radical (unpaired) electrons. The molecular formula is C20H15ClN4O2S. The first kappa shape index (κ1) is 18.2. The molecule has 0 aliphatic rings. The fourth-order valence-electron chi connectivity index (χ4n) is 2.68. The predicted octanol–water partition coefficient (Wildman–Crippen LogP) is 5.36. The van der Waals surface area contributed by atoms with Crippen LogP contribution in [0.4, 0.5) is 10.8 Å². The van der Waals surface area contributed by atoms with E-state index < -0.39 is 5.91 Å². The molecule has 0 saturated heterocycles. The molecule has 0 unspecified atom stereocenters. The monoisotopic (exact) mass is 410 g/mol. The normalized spacial score (nSPS) is 11.2. The zero-order chi connectivity index (χ0) is 19.5. The molecule has 28 heavy (non-hydrogen) atoms. The lowest BCUT2D eigenvalue weighted by Crippen LogP contribution is -2.17. The smallest absolute Gasteiger partial charge is 0.307 e. The molecule has 0 saturated carbocycles. The van der Waals surface area contributed by atoms with Crippen LogP contribution >= 0.6 is 22.9 Å². The predicted molar refractivity (Wildman–Crippen MR) is 113 cm³/mol. The molecule has 0 bridgehead atoms. The first-order valence-electron chi connectivity index (χ1n) is 8.42. The quantitative estimate of drug-likeness (QED) is 0.343. The van der Waals surface area contributed by atoms with Crippen LogP contribution in [0.1, 0.15) is 21.0 Å². The zero-order valence-electron chi connectivity index (χ0n) is 14.8. The first-order chi connectivity index (χ1) is 13.6. The van der Waals surface area contributed by atoms with E-state index in [-0.39, 0.29) is 5.76 Å². The third-order valence-corrected chi connectivity index (χ3v) is 5.34. The number of para-hydroxylation sites is 2. The third-order valence-electron chi connectivity index (χ3n) is 4.03. The summed E-state index contributed by atoms with van der Waals surface area (Å²) < 4.78 is 5.63. The number of nitrogens with zero attached hydrogens (tertiary/aromatic N) is 2. The van der Waals surface area contributed by atoms with Gasteiger partial charge in [-0.3, -0.25) is 4.79 Å². The molecule has 2 N–H and O–H groups in total. The van der Waals surface area contributed by atoms with E-state index in [4.69, 9.17) is 16.0 Å². The molecule has 0 fully saturated rings. The largest absolute Gasteiger partial charge is 0.451 e. The Bertz CT molecular complexity index is 1170. The number of anilines is 2. The number of fused-ring (bicyclic) bond motifs is 1. The number of amides is 1. The Morgan fingerprint density at radius 2 is 1.93 bits per heavy atom. The van der Waals surface area contributed by atoms with E-state index >= 15 is 0 Å². The number of hydrazone groups is 1. The van der Waals surface area contributed by atoms with Crippen molar-refractivity contribution in [2.24, 2.45) is 5.10 Å². The summed E-state index contributed by atoms with van der Waals surface area (Å²) in [5.74, 6) is -0.187. The highest BCUT2D eigenvalue weighted by molar-refractivity contribution is 7.17. The van der Waals surface area contributed by atoms with Gasteiger partial charge < -0.3 is 9.73 Å². The lowest BCUT2D eigenvalue weighted by Gasteiger charge is -1.99. The van der Waals surface area contributed by atoms with Crippen LogP contribution in [-0.4, -0.2) is 17.1 Å². The highest BCUT2D eigenvalue weighted by atomic mass is 35.5. The number of nitrogens with one attached hydrogen (secondary N) is 2. The van der Waals surface area contributed by atoms with Crippen molar-refractivity contribution in [2.45, 2.75) is 6.92 Å². The maximum atomic E-state index is 12.4. The Labute approximate surface area is 169 Å². The van der Waals surface area contributed by atoms with E-state index in [0.717, 1.165) is 16.6 Å². The summed E-state index contributed by atoms with van der Waals surface area (Å²) in [7, 11) is 0. The number of benzene rings is 2. The number of hydrogen-bond acceptors (Lipinski definition) is 6. The summed E-state index contributed by atoms with van der Waals surface area (Å²) >= 11 is 7.49. The number of hydrogen-bond donors (Lipinski definition) is 2. The van der Waals surface area contributed by atoms with Crippen LogP contribution in [-0.2, 0) is 0 Å². The molecule has 2 aromatic heterocycles. The standard InChI is InChI=1S/C20H15ClN4O2S/c1-12-14-9-5-6-10-15(14)27-17(12)19(26)25-22-11-16-18(21)24-20(28-16)23-13-7-3-2-4-8-13/h2-11H,1H3,(H,23,24)(H,25,26)/b22-11+. The van der Waals surface area contributed by atoms with Gasteiger partial charge in [0.25, 0.3) is 0 Å². The van der Waals surface area contributed by atoms with Crippen LogP contribution in [0.5, 0.6) is 0 Å². The van der Waals surface area contributed by atoms with Crippen molar-refractivity contribution in [2.75, 3.05) is 5.32 Å². The van der Waals surface area contributed by atoms with Crippen molar-refractivity contribution in [1.29, 1.82) is 0 Å². The van der Waals surface area contributed by atoms with Gasteiger partial charge in [0.2, 0.25) is 0 Å². The van der Waals surface area contributed by atoms with E-state index in [0.29, 0.717) is 20.7 Å². The molecule has 0 spiro atoms. The third kappa shape index (κ3) is 3.76. The van der Waals surface area contributed by atoms with Gasteiger partial charge in [-0.2, -0.15) is 5.10 Å². The lowest BCUT2D eigenvalue weighted by molar-refractivity contribution is 0.0929. The van der Waals surface area contributed by atoms with Gasteiger partial charge in [0.15, 0.2) is 16.0 Å². The summed E-state index contributed by atoms with van der Waals surface area (Å²) in [5, 5.41) is 9.00. The SMILES string of the molecule is Cc1c(C(=O)N/N=C/c2sc(Nc3ccccc3)nc2Cl)oc2ccccc12. The lowest BCUT2D eigenvalue weighted by atomic mass is 10.1. The molecule has 4 rings (SSSR count). The highest BCUT2D eigenvalue weighted by Gasteiger charge is 2.17. The van der Waals surface area contributed by atoms with Gasteiger partial charge in [-0.1, -0.05) is 59.3 Å². The molecule has 2 aromatic carbocycles. The number of aryl methyl sites for hydroxylation is 1. The van der Waals surface area contributed by atoms with Crippen LogP contribution in [0.2, 0.25) is 5.15 Å². The Hall–Kier alpha value is -3.16. The maximum Gasteiger partial charge on any atom is 0.307 e. The van der Waals surface area contributed by atoms with Crippen LogP contribution in [0.25, 0.3) is 11.0 Å². The van der Waals surface area contributed by atoms with Gasteiger partial charge in [-0.15, -0.1) is 0 Å². The van der Waals surface area contributed by atoms with Crippen molar-refractivity contribution in [3.8, 4) is 0 Å². The summed E-state index contributed by atoms with van der Waals surface area (Å²) in [4.78, 5) is 17.3. The topological polar surface area (TPSA) is 79.5 Å². The Morgan fingerprint density at radius 1 is 1.18 bits per heavy atom. The van der Waals surface area contributed by atoms with Crippen molar-refractivity contribution in [3.05, 3.63) is 76.0 Å². The first-order valence-corrected chi connectivity index (χ1v) is 9.61. The van der Waals surface area contributed by atoms with E-state index in [2.05, 4.69) is 20.8 Å². The molecule has 6 nitrogen and oxygen atoms in total. The fourth-order valence-corrected chi connectivity index (χ4v) is 3.73. The molecule has 0 aliphatic heterocycles. The summed E-state index contributed by atoms with van der Waals surface area (Å²) in [5.41, 5.74) is 4.81. The molecule has 8 heteroatoms. The second-order valence-corrected chi connectivity index (χ2v) is 7.31. The number of furan rings is 1. The number of aromatic nitrogens is 1. The summed E-state index contributed by atoms with van der Waals surface area (Å²) in [6.07, 6.45) is 1.46. The average molecular weight is 411 g/mol. The van der Waals surface area contributed by atoms with E-state index in [1.54, 1.807) is 0 Å². The second kappa shape index (κ2) is 7.84. The van der Waals surface area contributed by atoms with Crippen LogP contribution in [0.3, 0.4) is 0 Å². The van der Waals surface area contributed by atoms with E-state index in [9.17, 15) is 4.79 Å². The van der Waals surface area contributed by atoms with Crippen molar-refractivity contribution in [1.82, 2.24) is 10.4 Å². The van der Waals surface area contributed by atoms with Gasteiger partial charge in [0.05, 0.1) is 11.1 Å². The summed E-state index contributed by atoms with van der Waals surface area (Å²) in [6.45, 7) is 1.84. The molecule has 0 aliphatic carbocycles. The molecule has 2 heterocycles. The maximum absolute atomic E-state index is 12.4. The number of halogens is 1. The minimum atomic E-state index is -0.423. The molecular weight excluding hydrogens is 396 g/mol. The van der Waals surface area contributed by atoms with Gasteiger partial charge in [-0.05, 0) is 25.1 Å². The number of carbonyl (C=O) groups excluding carboxylic acids is 1. The Morgan fingerprint density at radius 3 is 2.71 bits per heavy atom. The van der Waals surface area contributed by atoms with Crippen LogP contribution in [0.15, 0.2) is 64.1 Å². The highest BCUT2D eigenvalue weighted by Crippen LogP contribution is 2.28. The average Bonchev–Trinajstić information content (AvgIpc) is 3.22. The fraction of sp³-hybridized carbons (Fsp3) is 0.0500. The molecule has 0 atom stereocenters. The summed E-state index contributed by atoms with van der Waals surface area (Å²) in [6, 6.07) is 17.1. The van der Waals surface area contributed by atoms with Crippen LogP contribution in [0, 0.1) is 6.92 Å². The van der Waals surface area contributed by atoms with Gasteiger partial charge in [0, 0.05) is 16.6 Å². The minimum Gasteiger partial charge on any atom is -0.451 e. The van der Waals surface area contributed by atoms with Gasteiger partial charge in [-0.25, -0.2) is 10.4 Å². The molecule has 1 amide bonds. The van der Waals surface area contributed by atoms with Crippen molar-refractivity contribution >= 4 is 56.8 Å². The van der Waals surface area contributed by atoms with Crippen molar-refractivity contribution < 1.29 is 9.21 Å². The number of thiazole rings is 1. The Kier molecular flexibility index (Phi) is 5.10. The van der Waals surface area contributed by atoms with Gasteiger partial charge >= 0.3 is 5.91 Å². The van der Waals surface area contributed by atoms with Gasteiger partial charge in [0.1, 0.15) is 5.58 Å². The molecule has 4 aromatic rings. The van der Waals surface area contributed by atoms with E-state index in [1.165, 1.54) is 17.6 Å².